The third-order valence-corrected chi connectivity index (χ3v) is 4.54. The fourth-order valence-corrected chi connectivity index (χ4v) is 3.88. The summed E-state index contributed by atoms with van der Waals surface area (Å²) in [7, 11) is 0. The van der Waals surface area contributed by atoms with Gasteiger partial charge in [0.1, 0.15) is 0 Å². The van der Waals surface area contributed by atoms with Crippen LogP contribution in [0.25, 0.3) is 0 Å². The van der Waals surface area contributed by atoms with E-state index in [-0.39, 0.29) is 5.92 Å². The van der Waals surface area contributed by atoms with Crippen molar-refractivity contribution in [3.05, 3.63) is 29.8 Å². The fourth-order valence-electron chi connectivity index (χ4n) is 2.38. The van der Waals surface area contributed by atoms with E-state index in [4.69, 9.17) is 0 Å². The summed E-state index contributed by atoms with van der Waals surface area (Å²) >= 11 is 1.85. The molecule has 1 aliphatic heterocycles. The Kier molecular flexibility index (Phi) is 4.79. The zero-order valence-corrected chi connectivity index (χ0v) is 11.7. The van der Waals surface area contributed by atoms with E-state index < -0.39 is 12.7 Å². The molecular formula is C14H18F3NS. The van der Waals surface area contributed by atoms with Gasteiger partial charge in [-0.15, -0.1) is 11.8 Å². The van der Waals surface area contributed by atoms with E-state index in [1.54, 1.807) is 0 Å². The van der Waals surface area contributed by atoms with E-state index in [1.807, 2.05) is 30.8 Å². The highest BCUT2D eigenvalue weighted by Crippen LogP contribution is 2.39. The molecule has 5 heteroatoms. The Balaban J connectivity index is 1.72. The molecule has 1 aliphatic rings. The average Bonchev–Trinajstić information content (AvgIpc) is 2.68. The largest absolute Gasteiger partial charge is 0.401 e. The quantitative estimate of drug-likeness (QED) is 0.883. The van der Waals surface area contributed by atoms with Crippen molar-refractivity contribution < 1.29 is 13.2 Å². The second-order valence-corrected chi connectivity index (χ2v) is 6.48. The highest BCUT2D eigenvalue weighted by molar-refractivity contribution is 8.00. The molecule has 2 rings (SSSR count). The first-order valence-corrected chi connectivity index (χ1v) is 7.34. The Morgan fingerprint density at radius 1 is 1.37 bits per heavy atom. The zero-order chi connectivity index (χ0) is 13.9. The standard InChI is InChI=1S/C14H18F3NS/c1-10(8-18-9-14(15,16)17)6-12-7-11-4-2-3-5-13(11)19-12/h2-5,10,12,18H,6-9H2,1H3. The monoisotopic (exact) mass is 289 g/mol. The van der Waals surface area contributed by atoms with E-state index in [1.165, 1.54) is 10.5 Å². The molecule has 0 aromatic heterocycles. The third kappa shape index (κ3) is 4.73. The van der Waals surface area contributed by atoms with Crippen LogP contribution in [0, 0.1) is 5.92 Å². The number of fused-ring (bicyclic) bond motifs is 1. The maximum Gasteiger partial charge on any atom is 0.401 e. The van der Waals surface area contributed by atoms with E-state index in [9.17, 15) is 13.2 Å². The van der Waals surface area contributed by atoms with Crippen LogP contribution in [0.15, 0.2) is 29.2 Å². The van der Waals surface area contributed by atoms with Crippen molar-refractivity contribution >= 4 is 11.8 Å². The number of nitrogens with one attached hydrogen (secondary N) is 1. The second-order valence-electron chi connectivity index (χ2n) is 5.14. The van der Waals surface area contributed by atoms with Gasteiger partial charge in [-0.2, -0.15) is 13.2 Å². The van der Waals surface area contributed by atoms with Crippen LogP contribution in [0.4, 0.5) is 13.2 Å². The molecule has 1 nitrogen and oxygen atoms in total. The van der Waals surface area contributed by atoms with Crippen molar-refractivity contribution in [1.29, 1.82) is 0 Å². The summed E-state index contributed by atoms with van der Waals surface area (Å²) in [4.78, 5) is 1.32. The number of hydrogen-bond acceptors (Lipinski definition) is 2. The summed E-state index contributed by atoms with van der Waals surface area (Å²) in [6.07, 6.45) is -2.13. The zero-order valence-electron chi connectivity index (χ0n) is 10.8. The minimum Gasteiger partial charge on any atom is -0.308 e. The highest BCUT2D eigenvalue weighted by atomic mass is 32.2. The molecule has 0 bridgehead atoms. The lowest BCUT2D eigenvalue weighted by Gasteiger charge is -2.17. The van der Waals surface area contributed by atoms with Crippen molar-refractivity contribution in [1.82, 2.24) is 5.32 Å². The summed E-state index contributed by atoms with van der Waals surface area (Å²) < 4.78 is 36.1. The van der Waals surface area contributed by atoms with Gasteiger partial charge < -0.3 is 5.32 Å². The number of hydrogen-bond donors (Lipinski definition) is 1. The predicted molar refractivity (Wildman–Crippen MR) is 72.5 cm³/mol. The van der Waals surface area contributed by atoms with Gasteiger partial charge in [0.05, 0.1) is 6.54 Å². The Morgan fingerprint density at radius 3 is 2.79 bits per heavy atom. The Labute approximate surface area is 116 Å². The second kappa shape index (κ2) is 6.18. The van der Waals surface area contributed by atoms with Gasteiger partial charge >= 0.3 is 6.18 Å². The minimum absolute atomic E-state index is 0.258. The lowest BCUT2D eigenvalue weighted by atomic mass is 10.0. The maximum atomic E-state index is 12.0. The van der Waals surface area contributed by atoms with E-state index in [2.05, 4.69) is 17.4 Å². The molecule has 106 valence electrons. The van der Waals surface area contributed by atoms with Crippen LogP contribution in [0.3, 0.4) is 0 Å². The molecule has 0 aliphatic carbocycles. The van der Waals surface area contributed by atoms with Gasteiger partial charge in [0, 0.05) is 10.1 Å². The number of halogens is 3. The summed E-state index contributed by atoms with van der Waals surface area (Å²) in [5.41, 5.74) is 1.37. The van der Waals surface area contributed by atoms with Crippen LogP contribution in [-0.4, -0.2) is 24.5 Å². The van der Waals surface area contributed by atoms with Crippen molar-refractivity contribution in [2.24, 2.45) is 5.92 Å². The van der Waals surface area contributed by atoms with Crippen LogP contribution in [0.5, 0.6) is 0 Å². The minimum atomic E-state index is -4.11. The number of thioether (sulfide) groups is 1. The fraction of sp³-hybridized carbons (Fsp3) is 0.571. The first-order valence-electron chi connectivity index (χ1n) is 6.46. The molecule has 0 amide bonds. The molecular weight excluding hydrogens is 271 g/mol. The molecule has 2 atom stereocenters. The molecule has 0 saturated carbocycles. The van der Waals surface area contributed by atoms with Gasteiger partial charge in [-0.3, -0.25) is 0 Å². The molecule has 0 spiro atoms. The van der Waals surface area contributed by atoms with Crippen LogP contribution in [0.2, 0.25) is 0 Å². The summed E-state index contributed by atoms with van der Waals surface area (Å²) in [5, 5.41) is 2.99. The first-order chi connectivity index (χ1) is 8.94. The smallest absolute Gasteiger partial charge is 0.308 e. The normalized spacial score (nSPS) is 20.3. The lowest BCUT2D eigenvalue weighted by molar-refractivity contribution is -0.125. The summed E-state index contributed by atoms with van der Waals surface area (Å²) in [6, 6.07) is 8.32. The SMILES string of the molecule is CC(CNCC(F)(F)F)CC1Cc2ccccc2S1. The Morgan fingerprint density at radius 2 is 2.11 bits per heavy atom. The van der Waals surface area contributed by atoms with E-state index in [0.29, 0.717) is 11.8 Å². The molecule has 1 heterocycles. The van der Waals surface area contributed by atoms with E-state index in [0.717, 1.165) is 12.8 Å². The molecule has 1 aromatic carbocycles. The molecule has 1 N–H and O–H groups in total. The molecule has 0 radical (unpaired) electrons. The lowest BCUT2D eigenvalue weighted by Crippen LogP contribution is -2.32. The molecule has 2 unspecified atom stereocenters. The van der Waals surface area contributed by atoms with Crippen molar-refractivity contribution in [2.75, 3.05) is 13.1 Å². The van der Waals surface area contributed by atoms with Crippen LogP contribution < -0.4 is 5.32 Å². The first kappa shape index (κ1) is 14.7. The number of rotatable bonds is 5. The van der Waals surface area contributed by atoms with Gasteiger partial charge in [-0.25, -0.2) is 0 Å². The van der Waals surface area contributed by atoms with Gasteiger partial charge in [0.25, 0.3) is 0 Å². The maximum absolute atomic E-state index is 12.0. The highest BCUT2D eigenvalue weighted by Gasteiger charge is 2.27. The topological polar surface area (TPSA) is 12.0 Å². The summed E-state index contributed by atoms with van der Waals surface area (Å²) in [6.45, 7) is 1.54. The molecule has 1 aromatic rings. The van der Waals surface area contributed by atoms with E-state index >= 15 is 0 Å². The van der Waals surface area contributed by atoms with Crippen LogP contribution in [-0.2, 0) is 6.42 Å². The summed E-state index contributed by atoms with van der Waals surface area (Å²) in [5.74, 6) is 0.258. The molecule has 19 heavy (non-hydrogen) atoms. The number of benzene rings is 1. The predicted octanol–water partition coefficient (Wildman–Crippen LogP) is 3.88. The van der Waals surface area contributed by atoms with Crippen LogP contribution >= 0.6 is 11.8 Å². The third-order valence-electron chi connectivity index (χ3n) is 3.20. The van der Waals surface area contributed by atoms with Crippen LogP contribution in [0.1, 0.15) is 18.9 Å². The van der Waals surface area contributed by atoms with Crippen molar-refractivity contribution in [3.8, 4) is 0 Å². The Hall–Kier alpha value is -0.680. The van der Waals surface area contributed by atoms with Gasteiger partial charge in [0.2, 0.25) is 0 Å². The average molecular weight is 289 g/mol. The van der Waals surface area contributed by atoms with Gasteiger partial charge in [0.15, 0.2) is 0 Å². The van der Waals surface area contributed by atoms with Crippen molar-refractivity contribution in [2.45, 2.75) is 36.1 Å². The van der Waals surface area contributed by atoms with Gasteiger partial charge in [-0.1, -0.05) is 25.1 Å². The number of alkyl halides is 3. The molecule has 0 fully saturated rings. The Bertz CT molecular complexity index is 394. The van der Waals surface area contributed by atoms with Crippen molar-refractivity contribution in [3.63, 3.8) is 0 Å². The van der Waals surface area contributed by atoms with Gasteiger partial charge in [-0.05, 0) is 36.9 Å². The molecule has 0 saturated heterocycles.